The van der Waals surface area contributed by atoms with Gasteiger partial charge in [-0.25, -0.2) is 4.79 Å². The molecule has 0 aliphatic rings. The second-order valence-electron chi connectivity index (χ2n) is 5.40. The predicted molar refractivity (Wildman–Crippen MR) is 83.8 cm³/mol. The number of alkyl carbamates (subject to hydrolysis) is 1. The van der Waals surface area contributed by atoms with E-state index in [0.29, 0.717) is 23.7 Å². The van der Waals surface area contributed by atoms with Crippen molar-refractivity contribution in [3.05, 3.63) is 34.9 Å². The Morgan fingerprint density at radius 2 is 2.15 bits per heavy atom. The molecule has 0 aliphatic carbocycles. The Labute approximate surface area is 124 Å². The zero-order valence-corrected chi connectivity index (χ0v) is 12.8. The molecule has 20 heavy (non-hydrogen) atoms. The van der Waals surface area contributed by atoms with Crippen LogP contribution >= 0.6 is 11.6 Å². The van der Waals surface area contributed by atoms with Gasteiger partial charge in [0.05, 0.1) is 0 Å². The monoisotopic (exact) mass is 296 g/mol. The largest absolute Gasteiger partial charge is 0.444 e. The lowest BCUT2D eigenvalue weighted by molar-refractivity contribution is 0.0529. The molecule has 0 aliphatic heterocycles. The van der Waals surface area contributed by atoms with E-state index in [0.717, 1.165) is 5.56 Å². The summed E-state index contributed by atoms with van der Waals surface area (Å²) in [5, 5.41) is 3.33. The van der Waals surface area contributed by atoms with Gasteiger partial charge in [-0.05, 0) is 51.0 Å². The Morgan fingerprint density at radius 3 is 2.80 bits per heavy atom. The fraction of sp³-hybridized carbons (Fsp3) is 0.400. The highest BCUT2D eigenvalue weighted by Gasteiger charge is 2.15. The summed E-state index contributed by atoms with van der Waals surface area (Å²) in [5.74, 6) is 0. The lowest BCUT2D eigenvalue weighted by Gasteiger charge is -2.19. The number of carbonyl (C=O) groups excluding carboxylic acids is 1. The summed E-state index contributed by atoms with van der Waals surface area (Å²) in [5.41, 5.74) is 6.75. The number of nitrogens with one attached hydrogen (secondary N) is 1. The smallest absolute Gasteiger partial charge is 0.407 e. The molecule has 0 saturated carbocycles. The van der Waals surface area contributed by atoms with Crippen LogP contribution in [0.1, 0.15) is 32.8 Å². The molecule has 1 aromatic carbocycles. The van der Waals surface area contributed by atoms with Crippen molar-refractivity contribution in [1.82, 2.24) is 5.32 Å². The van der Waals surface area contributed by atoms with Crippen LogP contribution in [0.5, 0.6) is 0 Å². The van der Waals surface area contributed by atoms with Crippen molar-refractivity contribution in [1.29, 1.82) is 0 Å². The second-order valence-corrected chi connectivity index (χ2v) is 5.81. The minimum absolute atomic E-state index is 0.409. The zero-order chi connectivity index (χ0) is 15.2. The summed E-state index contributed by atoms with van der Waals surface area (Å²) in [6.45, 7) is 5.99. The van der Waals surface area contributed by atoms with E-state index in [2.05, 4.69) is 5.32 Å². The van der Waals surface area contributed by atoms with E-state index in [9.17, 15) is 4.79 Å². The first-order valence-electron chi connectivity index (χ1n) is 6.46. The van der Waals surface area contributed by atoms with Gasteiger partial charge >= 0.3 is 6.09 Å². The van der Waals surface area contributed by atoms with Crippen molar-refractivity contribution in [2.45, 2.75) is 32.8 Å². The molecule has 0 unspecified atom stereocenters. The Balaban J connectivity index is 2.36. The van der Waals surface area contributed by atoms with E-state index in [1.807, 2.05) is 32.9 Å². The summed E-state index contributed by atoms with van der Waals surface area (Å²) < 4.78 is 5.13. The van der Waals surface area contributed by atoms with Crippen LogP contribution in [0.2, 0.25) is 5.02 Å². The SMILES string of the molecule is CC(C)(C)OC(=O)NCCC=Cc1cc(N)ccc1Cl. The van der Waals surface area contributed by atoms with Crippen LogP contribution in [0, 0.1) is 0 Å². The molecule has 4 nitrogen and oxygen atoms in total. The maximum Gasteiger partial charge on any atom is 0.407 e. The van der Waals surface area contributed by atoms with Crippen molar-refractivity contribution < 1.29 is 9.53 Å². The third-order valence-electron chi connectivity index (χ3n) is 2.30. The Bertz CT molecular complexity index is 493. The normalized spacial score (nSPS) is 11.6. The number of anilines is 1. The molecule has 0 radical (unpaired) electrons. The van der Waals surface area contributed by atoms with Crippen molar-refractivity contribution in [2.75, 3.05) is 12.3 Å². The number of nitrogen functional groups attached to an aromatic ring is 1. The summed E-state index contributed by atoms with van der Waals surface area (Å²) in [6, 6.07) is 5.32. The van der Waals surface area contributed by atoms with E-state index in [-0.39, 0.29) is 0 Å². The van der Waals surface area contributed by atoms with Crippen LogP contribution in [0.3, 0.4) is 0 Å². The number of nitrogens with two attached hydrogens (primary N) is 1. The van der Waals surface area contributed by atoms with E-state index >= 15 is 0 Å². The Hall–Kier alpha value is -1.68. The Morgan fingerprint density at radius 1 is 1.45 bits per heavy atom. The standard InChI is InChI=1S/C15H21ClN2O2/c1-15(2,3)20-14(19)18-9-5-4-6-11-10-12(17)7-8-13(11)16/h4,6-8,10H,5,9,17H2,1-3H3,(H,18,19). The molecule has 1 aromatic rings. The van der Waals surface area contributed by atoms with Gasteiger partial charge in [0.25, 0.3) is 0 Å². The molecule has 0 heterocycles. The van der Waals surface area contributed by atoms with E-state index in [1.54, 1.807) is 18.2 Å². The van der Waals surface area contributed by atoms with Crippen LogP contribution in [0.25, 0.3) is 6.08 Å². The number of ether oxygens (including phenoxy) is 1. The lowest BCUT2D eigenvalue weighted by atomic mass is 10.2. The van der Waals surface area contributed by atoms with E-state index in [1.165, 1.54) is 0 Å². The molecule has 110 valence electrons. The number of rotatable bonds is 4. The second kappa shape index (κ2) is 7.20. The van der Waals surface area contributed by atoms with Crippen LogP contribution in [-0.4, -0.2) is 18.2 Å². The minimum Gasteiger partial charge on any atom is -0.444 e. The molecule has 5 heteroatoms. The molecule has 3 N–H and O–H groups in total. The van der Waals surface area contributed by atoms with Gasteiger partial charge in [0, 0.05) is 17.3 Å². The number of hydrogen-bond acceptors (Lipinski definition) is 3. The van der Waals surface area contributed by atoms with Gasteiger partial charge in [0.1, 0.15) is 5.60 Å². The highest BCUT2D eigenvalue weighted by molar-refractivity contribution is 6.32. The fourth-order valence-corrected chi connectivity index (χ4v) is 1.65. The van der Waals surface area contributed by atoms with Gasteiger partial charge in [0.2, 0.25) is 0 Å². The highest BCUT2D eigenvalue weighted by Crippen LogP contribution is 2.20. The van der Waals surface area contributed by atoms with Crippen LogP contribution in [0.15, 0.2) is 24.3 Å². The highest BCUT2D eigenvalue weighted by atomic mass is 35.5. The Kier molecular flexibility index (Phi) is 5.89. The molecule has 1 rings (SSSR count). The van der Waals surface area contributed by atoms with Gasteiger partial charge in [-0.1, -0.05) is 23.8 Å². The lowest BCUT2D eigenvalue weighted by Crippen LogP contribution is -2.32. The van der Waals surface area contributed by atoms with Gasteiger partial charge in [-0.2, -0.15) is 0 Å². The molecular formula is C15H21ClN2O2. The summed E-state index contributed by atoms with van der Waals surface area (Å²) >= 11 is 6.04. The first kappa shape index (κ1) is 16.4. The molecule has 0 bridgehead atoms. The molecule has 1 amide bonds. The van der Waals surface area contributed by atoms with Gasteiger partial charge in [-0.15, -0.1) is 0 Å². The number of benzene rings is 1. The van der Waals surface area contributed by atoms with Gasteiger partial charge in [0.15, 0.2) is 0 Å². The maximum atomic E-state index is 11.4. The van der Waals surface area contributed by atoms with Crippen molar-refractivity contribution >= 4 is 29.5 Å². The number of amides is 1. The van der Waals surface area contributed by atoms with E-state index in [4.69, 9.17) is 22.1 Å². The van der Waals surface area contributed by atoms with Gasteiger partial charge in [-0.3, -0.25) is 0 Å². The zero-order valence-electron chi connectivity index (χ0n) is 12.1. The molecule has 0 aromatic heterocycles. The molecule has 0 atom stereocenters. The average molecular weight is 297 g/mol. The number of carbonyl (C=O) groups is 1. The average Bonchev–Trinajstić information content (AvgIpc) is 2.30. The molecule has 0 fully saturated rings. The van der Waals surface area contributed by atoms with Crippen molar-refractivity contribution in [3.63, 3.8) is 0 Å². The van der Waals surface area contributed by atoms with Crippen LogP contribution in [0.4, 0.5) is 10.5 Å². The fourth-order valence-electron chi connectivity index (χ4n) is 1.47. The maximum absolute atomic E-state index is 11.4. The number of halogens is 1. The quantitative estimate of drug-likeness (QED) is 0.655. The van der Waals surface area contributed by atoms with Gasteiger partial charge < -0.3 is 15.8 Å². The van der Waals surface area contributed by atoms with Crippen molar-refractivity contribution in [3.8, 4) is 0 Å². The molecule has 0 spiro atoms. The first-order valence-corrected chi connectivity index (χ1v) is 6.84. The molecule has 0 saturated heterocycles. The number of hydrogen-bond donors (Lipinski definition) is 2. The molecular weight excluding hydrogens is 276 g/mol. The van der Waals surface area contributed by atoms with Crippen LogP contribution < -0.4 is 11.1 Å². The third kappa shape index (κ3) is 6.48. The summed E-state index contributed by atoms with van der Waals surface area (Å²) in [6.07, 6.45) is 4.09. The third-order valence-corrected chi connectivity index (χ3v) is 2.64. The first-order chi connectivity index (χ1) is 9.28. The summed E-state index contributed by atoms with van der Waals surface area (Å²) in [4.78, 5) is 11.4. The minimum atomic E-state index is -0.477. The van der Waals surface area contributed by atoms with Crippen molar-refractivity contribution in [2.24, 2.45) is 0 Å². The topological polar surface area (TPSA) is 64.3 Å². The summed E-state index contributed by atoms with van der Waals surface area (Å²) in [7, 11) is 0. The predicted octanol–water partition coefficient (Wildman–Crippen LogP) is 3.85. The van der Waals surface area contributed by atoms with Crippen LogP contribution in [-0.2, 0) is 4.74 Å². The van der Waals surface area contributed by atoms with E-state index < -0.39 is 11.7 Å².